The summed E-state index contributed by atoms with van der Waals surface area (Å²) in [6.07, 6.45) is 4.24. The first-order valence-electron chi connectivity index (χ1n) is 5.44. The van der Waals surface area contributed by atoms with Gasteiger partial charge in [0.2, 0.25) is 5.89 Å². The van der Waals surface area contributed by atoms with Gasteiger partial charge in [0.05, 0.1) is 18.0 Å². The maximum Gasteiger partial charge on any atom is 0.255 e. The Kier molecular flexibility index (Phi) is 3.27. The van der Waals surface area contributed by atoms with E-state index in [1.54, 1.807) is 20.0 Å². The summed E-state index contributed by atoms with van der Waals surface area (Å²) in [4.78, 5) is 19.6. The zero-order valence-corrected chi connectivity index (χ0v) is 10.0. The number of rotatable bonds is 3. The van der Waals surface area contributed by atoms with Crippen LogP contribution in [0.15, 0.2) is 29.1 Å². The minimum atomic E-state index is -0.404. The molecule has 0 saturated carbocycles. The molecule has 2 aromatic heterocycles. The standard InChI is InChI=1S/C12H13N3O3/c1-7-5-14-12(18-7)8(2)15-11(17)9-3-4-13-6-10(9)16/h3-6,8,16H,1-2H3,(H,15,17). The SMILES string of the molecule is Cc1cnc(C(C)NC(=O)c2ccncc2O)o1. The average molecular weight is 247 g/mol. The minimum absolute atomic E-state index is 0.161. The lowest BCUT2D eigenvalue weighted by Crippen LogP contribution is -2.26. The topological polar surface area (TPSA) is 88.2 Å². The molecular weight excluding hydrogens is 234 g/mol. The number of aryl methyl sites for hydroxylation is 1. The fourth-order valence-electron chi connectivity index (χ4n) is 1.49. The number of amides is 1. The molecule has 1 amide bonds. The van der Waals surface area contributed by atoms with Gasteiger partial charge in [0.25, 0.3) is 5.91 Å². The van der Waals surface area contributed by atoms with Gasteiger partial charge >= 0.3 is 0 Å². The summed E-state index contributed by atoms with van der Waals surface area (Å²) in [6, 6.07) is 1.07. The maximum atomic E-state index is 11.9. The quantitative estimate of drug-likeness (QED) is 0.859. The second-order valence-corrected chi connectivity index (χ2v) is 3.90. The van der Waals surface area contributed by atoms with E-state index in [1.165, 1.54) is 18.5 Å². The van der Waals surface area contributed by atoms with Crippen LogP contribution < -0.4 is 5.32 Å². The van der Waals surface area contributed by atoms with Crippen LogP contribution in [0.25, 0.3) is 0 Å². The van der Waals surface area contributed by atoms with E-state index in [0.717, 1.165) is 0 Å². The summed E-state index contributed by atoms with van der Waals surface area (Å²) >= 11 is 0. The molecule has 6 heteroatoms. The predicted molar refractivity (Wildman–Crippen MR) is 63.0 cm³/mol. The summed E-state index contributed by atoms with van der Waals surface area (Å²) in [5.41, 5.74) is 0.167. The highest BCUT2D eigenvalue weighted by Gasteiger charge is 2.17. The molecule has 2 aromatic rings. The highest BCUT2D eigenvalue weighted by atomic mass is 16.4. The van der Waals surface area contributed by atoms with Gasteiger partial charge in [-0.15, -0.1) is 0 Å². The van der Waals surface area contributed by atoms with E-state index in [-0.39, 0.29) is 17.4 Å². The van der Waals surface area contributed by atoms with Gasteiger partial charge in [0, 0.05) is 6.20 Å². The molecule has 18 heavy (non-hydrogen) atoms. The van der Waals surface area contributed by atoms with Gasteiger partial charge in [-0.25, -0.2) is 4.98 Å². The highest BCUT2D eigenvalue weighted by molar-refractivity contribution is 5.96. The molecule has 2 rings (SSSR count). The number of aromatic nitrogens is 2. The Balaban J connectivity index is 2.10. The molecule has 1 unspecified atom stereocenters. The third-order valence-electron chi connectivity index (χ3n) is 2.40. The first-order valence-corrected chi connectivity index (χ1v) is 5.44. The molecule has 0 fully saturated rings. The van der Waals surface area contributed by atoms with Crippen LogP contribution in [-0.2, 0) is 0 Å². The molecule has 0 spiro atoms. The van der Waals surface area contributed by atoms with Crippen molar-refractivity contribution >= 4 is 5.91 Å². The number of pyridine rings is 1. The molecule has 0 aliphatic carbocycles. The van der Waals surface area contributed by atoms with Crippen molar-refractivity contribution in [3.63, 3.8) is 0 Å². The zero-order chi connectivity index (χ0) is 13.1. The number of aromatic hydroxyl groups is 1. The molecule has 0 saturated heterocycles. The summed E-state index contributed by atoms with van der Waals surface area (Å²) in [5, 5.41) is 12.2. The molecule has 0 radical (unpaired) electrons. The Hall–Kier alpha value is -2.37. The number of hydrogen-bond donors (Lipinski definition) is 2. The monoisotopic (exact) mass is 247 g/mol. The van der Waals surface area contributed by atoms with Gasteiger partial charge in [-0.05, 0) is 19.9 Å². The average Bonchev–Trinajstić information content (AvgIpc) is 2.76. The maximum absolute atomic E-state index is 11.9. The van der Waals surface area contributed by atoms with E-state index in [2.05, 4.69) is 15.3 Å². The molecule has 0 bridgehead atoms. The fourth-order valence-corrected chi connectivity index (χ4v) is 1.49. The van der Waals surface area contributed by atoms with Crippen molar-refractivity contribution in [3.05, 3.63) is 41.9 Å². The summed E-state index contributed by atoms with van der Waals surface area (Å²) in [6.45, 7) is 3.53. The molecular formula is C12H13N3O3. The summed E-state index contributed by atoms with van der Waals surface area (Å²) in [5.74, 6) is 0.538. The molecule has 1 atom stereocenters. The van der Waals surface area contributed by atoms with Crippen LogP contribution in [0.1, 0.15) is 35.0 Å². The van der Waals surface area contributed by atoms with Crippen molar-refractivity contribution in [1.82, 2.24) is 15.3 Å². The largest absolute Gasteiger partial charge is 0.505 e. The second kappa shape index (κ2) is 4.87. The fraction of sp³-hybridized carbons (Fsp3) is 0.250. The molecule has 2 heterocycles. The third-order valence-corrected chi connectivity index (χ3v) is 2.40. The van der Waals surface area contributed by atoms with Crippen LogP contribution in [0.5, 0.6) is 5.75 Å². The lowest BCUT2D eigenvalue weighted by molar-refractivity contribution is 0.0931. The van der Waals surface area contributed by atoms with Gasteiger partial charge in [0.1, 0.15) is 17.6 Å². The summed E-state index contributed by atoms with van der Waals surface area (Å²) < 4.78 is 5.31. The number of hydrogen-bond acceptors (Lipinski definition) is 5. The predicted octanol–water partition coefficient (Wildman–Crippen LogP) is 1.57. The van der Waals surface area contributed by atoms with Crippen LogP contribution in [0.4, 0.5) is 0 Å². The van der Waals surface area contributed by atoms with Crippen LogP contribution in [0.3, 0.4) is 0 Å². The number of carbonyl (C=O) groups is 1. The first kappa shape index (κ1) is 12.1. The van der Waals surface area contributed by atoms with Crippen LogP contribution in [0.2, 0.25) is 0 Å². The molecule has 0 aromatic carbocycles. The van der Waals surface area contributed by atoms with Crippen molar-refractivity contribution in [2.75, 3.05) is 0 Å². The van der Waals surface area contributed by atoms with E-state index >= 15 is 0 Å². The van der Waals surface area contributed by atoms with Crippen LogP contribution in [-0.4, -0.2) is 21.0 Å². The van der Waals surface area contributed by atoms with Gasteiger partial charge in [0.15, 0.2) is 0 Å². The van der Waals surface area contributed by atoms with E-state index in [1.807, 2.05) is 0 Å². The minimum Gasteiger partial charge on any atom is -0.505 e. The third kappa shape index (κ3) is 2.48. The van der Waals surface area contributed by atoms with Crippen molar-refractivity contribution < 1.29 is 14.3 Å². The summed E-state index contributed by atoms with van der Waals surface area (Å²) in [7, 11) is 0. The molecule has 6 nitrogen and oxygen atoms in total. The normalized spacial score (nSPS) is 12.1. The van der Waals surface area contributed by atoms with E-state index in [0.29, 0.717) is 11.7 Å². The lowest BCUT2D eigenvalue weighted by Gasteiger charge is -2.10. The highest BCUT2D eigenvalue weighted by Crippen LogP contribution is 2.17. The number of oxazole rings is 1. The Morgan fingerprint density at radius 2 is 2.28 bits per heavy atom. The molecule has 0 aliphatic heterocycles. The number of nitrogens with zero attached hydrogens (tertiary/aromatic N) is 2. The second-order valence-electron chi connectivity index (χ2n) is 3.90. The van der Waals surface area contributed by atoms with E-state index < -0.39 is 5.91 Å². The van der Waals surface area contributed by atoms with Gasteiger partial charge in [-0.1, -0.05) is 0 Å². The number of nitrogens with one attached hydrogen (secondary N) is 1. The van der Waals surface area contributed by atoms with Gasteiger partial charge in [-0.2, -0.15) is 0 Å². The van der Waals surface area contributed by atoms with Crippen molar-refractivity contribution in [3.8, 4) is 5.75 Å². The Bertz CT molecular complexity index is 565. The van der Waals surface area contributed by atoms with Crippen molar-refractivity contribution in [2.45, 2.75) is 19.9 Å². The molecule has 0 aliphatic rings. The molecule has 94 valence electrons. The van der Waals surface area contributed by atoms with Crippen molar-refractivity contribution in [2.24, 2.45) is 0 Å². The van der Waals surface area contributed by atoms with Crippen LogP contribution >= 0.6 is 0 Å². The van der Waals surface area contributed by atoms with E-state index in [9.17, 15) is 9.90 Å². The number of carbonyl (C=O) groups excluding carboxylic acids is 1. The van der Waals surface area contributed by atoms with Gasteiger partial charge < -0.3 is 14.8 Å². The van der Waals surface area contributed by atoms with Crippen molar-refractivity contribution in [1.29, 1.82) is 0 Å². The van der Waals surface area contributed by atoms with Gasteiger partial charge in [-0.3, -0.25) is 9.78 Å². The van der Waals surface area contributed by atoms with Crippen LogP contribution in [0, 0.1) is 6.92 Å². The Labute approximate surface area is 104 Å². The van der Waals surface area contributed by atoms with E-state index in [4.69, 9.17) is 4.42 Å². The Morgan fingerprint density at radius 1 is 1.50 bits per heavy atom. The Morgan fingerprint density at radius 3 is 2.89 bits per heavy atom. The smallest absolute Gasteiger partial charge is 0.255 e. The lowest BCUT2D eigenvalue weighted by atomic mass is 10.2. The first-order chi connectivity index (χ1) is 8.58. The molecule has 2 N–H and O–H groups in total. The zero-order valence-electron chi connectivity index (χ0n) is 10.0.